The predicted molar refractivity (Wildman–Crippen MR) is 76.5 cm³/mol. The third-order valence-corrected chi connectivity index (χ3v) is 2.58. The highest BCUT2D eigenvalue weighted by atomic mass is 32.2. The van der Waals surface area contributed by atoms with Crippen LogP contribution in [-0.4, -0.2) is 26.4 Å². The molecule has 1 N–H and O–H groups in total. The van der Waals surface area contributed by atoms with Crippen molar-refractivity contribution in [2.75, 3.05) is 11.6 Å². The van der Waals surface area contributed by atoms with Crippen LogP contribution < -0.4 is 9.50 Å². The number of aryl methyl sites for hydroxylation is 1. The Morgan fingerprint density at radius 2 is 1.85 bits per heavy atom. The Balaban J connectivity index is 2.81. The van der Waals surface area contributed by atoms with Crippen LogP contribution in [0.3, 0.4) is 0 Å². The van der Waals surface area contributed by atoms with Gasteiger partial charge in [-0.1, -0.05) is 0 Å². The predicted octanol–water partition coefficient (Wildman–Crippen LogP) is 2.68. The Bertz CT molecular complexity index is 602. The minimum atomic E-state index is -3.57. The largest absolute Gasteiger partial charge is 0.444 e. The Kier molecular flexibility index (Phi) is 4.65. The molecule has 0 saturated carbocycles. The second-order valence-electron chi connectivity index (χ2n) is 5.39. The summed E-state index contributed by atoms with van der Waals surface area (Å²) in [5.74, 6) is 0.194. The van der Waals surface area contributed by atoms with Gasteiger partial charge < -0.3 is 8.92 Å². The Labute approximate surface area is 119 Å². The lowest BCUT2D eigenvalue weighted by Gasteiger charge is -2.20. The molecule has 1 rings (SSSR count). The number of carbonyl (C=O) groups is 1. The van der Waals surface area contributed by atoms with Crippen molar-refractivity contribution in [1.82, 2.24) is 0 Å². The first kappa shape index (κ1) is 16.3. The summed E-state index contributed by atoms with van der Waals surface area (Å²) >= 11 is 0. The molecule has 6 nitrogen and oxygen atoms in total. The minimum Gasteiger partial charge on any atom is -0.444 e. The summed E-state index contributed by atoms with van der Waals surface area (Å²) in [5.41, 5.74) is 0.606. The molecule has 0 aliphatic heterocycles. The van der Waals surface area contributed by atoms with E-state index in [1.54, 1.807) is 33.8 Å². The molecule has 0 atom stereocenters. The maximum absolute atomic E-state index is 11.6. The van der Waals surface area contributed by atoms with Gasteiger partial charge in [0.2, 0.25) is 0 Å². The standard InChI is InChI=1S/C13H19NO5S/c1-9-8-10(19-20(5,16)17)6-7-11(9)14-12(15)18-13(2,3)4/h6-8H,1-5H3,(H,14,15). The van der Waals surface area contributed by atoms with Crippen molar-refractivity contribution in [3.05, 3.63) is 23.8 Å². The second-order valence-corrected chi connectivity index (χ2v) is 6.97. The van der Waals surface area contributed by atoms with E-state index in [-0.39, 0.29) is 5.75 Å². The maximum atomic E-state index is 11.6. The van der Waals surface area contributed by atoms with Crippen molar-refractivity contribution in [1.29, 1.82) is 0 Å². The molecule has 7 heteroatoms. The van der Waals surface area contributed by atoms with Crippen LogP contribution in [-0.2, 0) is 14.9 Å². The minimum absolute atomic E-state index is 0.194. The topological polar surface area (TPSA) is 81.7 Å². The number of hydrogen-bond donors (Lipinski definition) is 1. The van der Waals surface area contributed by atoms with Gasteiger partial charge in [0.25, 0.3) is 0 Å². The molecule has 0 aromatic heterocycles. The zero-order valence-electron chi connectivity index (χ0n) is 12.2. The summed E-state index contributed by atoms with van der Waals surface area (Å²) in [7, 11) is -3.57. The van der Waals surface area contributed by atoms with Crippen LogP contribution >= 0.6 is 0 Å². The highest BCUT2D eigenvalue weighted by Gasteiger charge is 2.17. The summed E-state index contributed by atoms with van der Waals surface area (Å²) in [6, 6.07) is 4.54. The Hall–Kier alpha value is -1.76. The molecular formula is C13H19NO5S. The van der Waals surface area contributed by atoms with Crippen molar-refractivity contribution in [2.45, 2.75) is 33.3 Å². The first-order chi connectivity index (χ1) is 8.96. The first-order valence-corrected chi connectivity index (χ1v) is 7.78. The van der Waals surface area contributed by atoms with Gasteiger partial charge in [0.15, 0.2) is 0 Å². The van der Waals surface area contributed by atoms with Crippen molar-refractivity contribution >= 4 is 21.9 Å². The number of benzene rings is 1. The molecule has 1 amide bonds. The van der Waals surface area contributed by atoms with Crippen LogP contribution in [0.25, 0.3) is 0 Å². The van der Waals surface area contributed by atoms with Gasteiger partial charge in [0, 0.05) is 5.69 Å². The molecule has 1 aromatic rings. The summed E-state index contributed by atoms with van der Waals surface area (Å²) in [6.45, 7) is 7.02. The van der Waals surface area contributed by atoms with E-state index in [1.165, 1.54) is 12.1 Å². The average Bonchev–Trinajstić information content (AvgIpc) is 2.17. The summed E-state index contributed by atoms with van der Waals surface area (Å²) in [4.78, 5) is 11.6. The third kappa shape index (κ3) is 5.92. The summed E-state index contributed by atoms with van der Waals surface area (Å²) in [6.07, 6.45) is 0.396. The molecule has 112 valence electrons. The molecule has 1 aromatic carbocycles. The van der Waals surface area contributed by atoms with Crippen LogP contribution in [0.5, 0.6) is 5.75 Å². The molecule has 0 bridgehead atoms. The van der Waals surface area contributed by atoms with E-state index in [2.05, 4.69) is 5.32 Å². The van der Waals surface area contributed by atoms with Crippen LogP contribution in [0.4, 0.5) is 10.5 Å². The van der Waals surface area contributed by atoms with E-state index in [9.17, 15) is 13.2 Å². The van der Waals surface area contributed by atoms with Crippen LogP contribution in [0.2, 0.25) is 0 Å². The fraction of sp³-hybridized carbons (Fsp3) is 0.462. The molecule has 0 unspecified atom stereocenters. The van der Waals surface area contributed by atoms with Gasteiger partial charge in [-0.2, -0.15) is 8.42 Å². The number of carbonyl (C=O) groups excluding carboxylic acids is 1. The number of rotatable bonds is 3. The average molecular weight is 301 g/mol. The molecule has 0 heterocycles. The zero-order chi connectivity index (χ0) is 15.6. The summed E-state index contributed by atoms with van der Waals surface area (Å²) in [5, 5.41) is 2.59. The molecular weight excluding hydrogens is 282 g/mol. The van der Waals surface area contributed by atoms with E-state index in [4.69, 9.17) is 8.92 Å². The van der Waals surface area contributed by atoms with Crippen molar-refractivity contribution in [3.63, 3.8) is 0 Å². The zero-order valence-corrected chi connectivity index (χ0v) is 13.0. The maximum Gasteiger partial charge on any atom is 0.412 e. The molecule has 0 spiro atoms. The molecule has 0 radical (unpaired) electrons. The van der Waals surface area contributed by atoms with Crippen molar-refractivity contribution in [3.8, 4) is 5.75 Å². The SMILES string of the molecule is Cc1cc(OS(C)(=O)=O)ccc1NC(=O)OC(C)(C)C. The van der Waals surface area contributed by atoms with Crippen molar-refractivity contribution in [2.24, 2.45) is 0 Å². The number of ether oxygens (including phenoxy) is 1. The lowest BCUT2D eigenvalue weighted by atomic mass is 10.2. The first-order valence-electron chi connectivity index (χ1n) is 5.96. The van der Waals surface area contributed by atoms with Gasteiger partial charge in [0.05, 0.1) is 6.26 Å². The molecule has 0 aliphatic rings. The van der Waals surface area contributed by atoms with Gasteiger partial charge >= 0.3 is 16.2 Å². The second kappa shape index (κ2) is 5.70. The molecule has 20 heavy (non-hydrogen) atoms. The van der Waals surface area contributed by atoms with Gasteiger partial charge in [0.1, 0.15) is 11.4 Å². The van der Waals surface area contributed by atoms with E-state index in [0.29, 0.717) is 11.3 Å². The number of nitrogens with one attached hydrogen (secondary N) is 1. The quantitative estimate of drug-likeness (QED) is 0.868. The van der Waals surface area contributed by atoms with Crippen molar-refractivity contribution < 1.29 is 22.1 Å². The van der Waals surface area contributed by atoms with Crippen LogP contribution in [0.15, 0.2) is 18.2 Å². The summed E-state index contributed by atoms with van der Waals surface area (Å²) < 4.78 is 31.9. The van der Waals surface area contributed by atoms with Gasteiger partial charge in [-0.25, -0.2) is 4.79 Å². The highest BCUT2D eigenvalue weighted by Crippen LogP contribution is 2.23. The highest BCUT2D eigenvalue weighted by molar-refractivity contribution is 7.86. The fourth-order valence-corrected chi connectivity index (χ4v) is 1.87. The van der Waals surface area contributed by atoms with E-state index >= 15 is 0 Å². The molecule has 0 saturated heterocycles. The van der Waals surface area contributed by atoms with Gasteiger partial charge in [-0.15, -0.1) is 0 Å². The van der Waals surface area contributed by atoms with E-state index in [0.717, 1.165) is 6.26 Å². The third-order valence-electron chi connectivity index (χ3n) is 2.08. The molecule has 0 fully saturated rings. The number of amides is 1. The normalized spacial score (nSPS) is 11.8. The monoisotopic (exact) mass is 301 g/mol. The fourth-order valence-electron chi connectivity index (χ4n) is 1.42. The van der Waals surface area contributed by atoms with Gasteiger partial charge in [-0.05, 0) is 51.5 Å². The Morgan fingerprint density at radius 3 is 2.30 bits per heavy atom. The van der Waals surface area contributed by atoms with Crippen LogP contribution in [0.1, 0.15) is 26.3 Å². The lowest BCUT2D eigenvalue weighted by molar-refractivity contribution is 0.0635. The Morgan fingerprint density at radius 1 is 1.25 bits per heavy atom. The number of hydrogen-bond acceptors (Lipinski definition) is 5. The van der Waals surface area contributed by atoms with E-state index < -0.39 is 21.8 Å². The number of anilines is 1. The smallest absolute Gasteiger partial charge is 0.412 e. The lowest BCUT2D eigenvalue weighted by Crippen LogP contribution is -2.27. The van der Waals surface area contributed by atoms with E-state index in [1.807, 2.05) is 0 Å². The molecule has 0 aliphatic carbocycles. The van der Waals surface area contributed by atoms with Crippen LogP contribution in [0, 0.1) is 6.92 Å². The van der Waals surface area contributed by atoms with Gasteiger partial charge in [-0.3, -0.25) is 5.32 Å².